The number of para-hydroxylation sites is 1. The van der Waals surface area contributed by atoms with Gasteiger partial charge in [-0.25, -0.2) is 8.42 Å². The summed E-state index contributed by atoms with van der Waals surface area (Å²) in [5, 5.41) is 0. The zero-order chi connectivity index (χ0) is 14.0. The zero-order valence-electron chi connectivity index (χ0n) is 10.8. The van der Waals surface area contributed by atoms with Gasteiger partial charge < -0.3 is 5.73 Å². The minimum atomic E-state index is -3.54. The molecule has 0 saturated carbocycles. The number of anilines is 1. The van der Waals surface area contributed by atoms with E-state index in [0.29, 0.717) is 9.90 Å². The number of aryl methyl sites for hydroxylation is 1. The topological polar surface area (TPSA) is 72.2 Å². The minimum Gasteiger partial charge on any atom is -0.324 e. The third-order valence-electron chi connectivity index (χ3n) is 2.68. The maximum Gasteiger partial charge on any atom is 0.271 e. The van der Waals surface area contributed by atoms with E-state index in [0.717, 1.165) is 10.4 Å². The van der Waals surface area contributed by atoms with Crippen LogP contribution in [0, 0.1) is 6.92 Å². The molecule has 6 heteroatoms. The molecule has 4 nitrogen and oxygen atoms in total. The Bertz CT molecular complexity index is 675. The second-order valence-corrected chi connectivity index (χ2v) is 7.54. The van der Waals surface area contributed by atoms with Crippen LogP contribution in [0.4, 0.5) is 5.69 Å². The van der Waals surface area contributed by atoms with Crippen LogP contribution >= 0.6 is 11.3 Å². The van der Waals surface area contributed by atoms with Crippen LogP contribution in [0.3, 0.4) is 0 Å². The van der Waals surface area contributed by atoms with Crippen LogP contribution in [0.1, 0.15) is 23.4 Å². The van der Waals surface area contributed by atoms with Crippen LogP contribution in [0.2, 0.25) is 0 Å². The molecule has 1 heterocycles. The van der Waals surface area contributed by atoms with Gasteiger partial charge in [0.15, 0.2) is 0 Å². The molecule has 1 aromatic carbocycles. The van der Waals surface area contributed by atoms with Crippen molar-refractivity contribution >= 4 is 27.0 Å². The summed E-state index contributed by atoms with van der Waals surface area (Å²) in [6.45, 7) is 3.70. The number of rotatable bonds is 4. The van der Waals surface area contributed by atoms with Gasteiger partial charge in [0, 0.05) is 10.9 Å². The van der Waals surface area contributed by atoms with Crippen molar-refractivity contribution in [3.63, 3.8) is 0 Å². The molecule has 1 atom stereocenters. The van der Waals surface area contributed by atoms with Gasteiger partial charge >= 0.3 is 0 Å². The van der Waals surface area contributed by atoms with Gasteiger partial charge in [-0.05, 0) is 37.6 Å². The van der Waals surface area contributed by atoms with Crippen LogP contribution in [-0.4, -0.2) is 8.42 Å². The molecule has 0 bridgehead atoms. The van der Waals surface area contributed by atoms with Gasteiger partial charge in [0.25, 0.3) is 10.0 Å². The monoisotopic (exact) mass is 296 g/mol. The highest BCUT2D eigenvalue weighted by Crippen LogP contribution is 2.26. The Morgan fingerprint density at radius 3 is 2.47 bits per heavy atom. The molecule has 3 N–H and O–H groups in total. The smallest absolute Gasteiger partial charge is 0.271 e. The maximum atomic E-state index is 12.2. The van der Waals surface area contributed by atoms with Gasteiger partial charge in [0.05, 0.1) is 5.69 Å². The highest BCUT2D eigenvalue weighted by Gasteiger charge is 2.18. The second kappa shape index (κ2) is 5.32. The molecular formula is C13H16N2O2S2. The zero-order valence-corrected chi connectivity index (χ0v) is 12.4. The predicted octanol–water partition coefficient (Wildman–Crippen LogP) is 2.88. The van der Waals surface area contributed by atoms with E-state index in [1.807, 2.05) is 26.0 Å². The van der Waals surface area contributed by atoms with Crippen molar-refractivity contribution in [1.82, 2.24) is 0 Å². The summed E-state index contributed by atoms with van der Waals surface area (Å²) in [7, 11) is -3.54. The number of hydrogen-bond acceptors (Lipinski definition) is 4. The Hall–Kier alpha value is -1.37. The van der Waals surface area contributed by atoms with E-state index in [2.05, 4.69) is 4.72 Å². The molecule has 0 spiro atoms. The molecule has 1 aromatic heterocycles. The van der Waals surface area contributed by atoms with E-state index in [4.69, 9.17) is 5.73 Å². The predicted molar refractivity (Wildman–Crippen MR) is 78.9 cm³/mol. The Labute approximate surface area is 117 Å². The van der Waals surface area contributed by atoms with Crippen molar-refractivity contribution in [3.8, 4) is 0 Å². The maximum absolute atomic E-state index is 12.2. The van der Waals surface area contributed by atoms with E-state index in [1.165, 1.54) is 11.3 Å². The lowest BCUT2D eigenvalue weighted by molar-refractivity contribution is 0.603. The van der Waals surface area contributed by atoms with E-state index in [9.17, 15) is 8.42 Å². The average molecular weight is 296 g/mol. The molecule has 19 heavy (non-hydrogen) atoms. The molecule has 1 unspecified atom stereocenters. The molecule has 2 rings (SSSR count). The molecule has 0 aliphatic rings. The van der Waals surface area contributed by atoms with E-state index < -0.39 is 10.0 Å². The van der Waals surface area contributed by atoms with Crippen LogP contribution in [-0.2, 0) is 10.0 Å². The fourth-order valence-electron chi connectivity index (χ4n) is 1.74. The molecule has 0 radical (unpaired) electrons. The van der Waals surface area contributed by atoms with Crippen LogP contribution in [0.5, 0.6) is 0 Å². The molecule has 0 aliphatic carbocycles. The quantitative estimate of drug-likeness (QED) is 0.911. The molecule has 0 fully saturated rings. The average Bonchev–Trinajstić information content (AvgIpc) is 2.76. The Balaban J connectivity index is 2.36. The molecule has 2 aromatic rings. The normalized spacial score (nSPS) is 13.2. The lowest BCUT2D eigenvalue weighted by atomic mass is 10.1. The molecule has 0 aliphatic heterocycles. The van der Waals surface area contributed by atoms with Crippen molar-refractivity contribution in [2.75, 3.05) is 4.72 Å². The number of nitrogens with one attached hydrogen (secondary N) is 1. The summed E-state index contributed by atoms with van der Waals surface area (Å²) >= 11 is 1.25. The van der Waals surface area contributed by atoms with Crippen molar-refractivity contribution < 1.29 is 8.42 Å². The first-order valence-corrected chi connectivity index (χ1v) is 8.14. The second-order valence-electron chi connectivity index (χ2n) is 4.35. The molecule has 102 valence electrons. The first-order valence-electron chi connectivity index (χ1n) is 5.84. The standard InChI is InChI=1S/C13H16N2O2S2/c1-9-7-8-13(18-9)19(16,17)15-12-6-4-3-5-11(12)10(2)14/h3-8,10,15H,14H2,1-2H3. The van der Waals surface area contributed by atoms with Gasteiger partial charge in [0.1, 0.15) is 4.21 Å². The Kier molecular flexibility index (Phi) is 3.93. The van der Waals surface area contributed by atoms with Crippen molar-refractivity contribution in [1.29, 1.82) is 0 Å². The van der Waals surface area contributed by atoms with Crippen LogP contribution in [0.15, 0.2) is 40.6 Å². The van der Waals surface area contributed by atoms with Gasteiger partial charge in [0.2, 0.25) is 0 Å². The number of benzene rings is 1. The third-order valence-corrected chi connectivity index (χ3v) is 5.53. The Morgan fingerprint density at radius 1 is 1.21 bits per heavy atom. The Morgan fingerprint density at radius 2 is 1.89 bits per heavy atom. The number of sulfonamides is 1. The molecule has 0 saturated heterocycles. The summed E-state index contributed by atoms with van der Waals surface area (Å²) in [5.74, 6) is 0. The minimum absolute atomic E-state index is 0.232. The SMILES string of the molecule is Cc1ccc(S(=O)(=O)Nc2ccccc2C(C)N)s1. The van der Waals surface area contributed by atoms with E-state index in [-0.39, 0.29) is 6.04 Å². The van der Waals surface area contributed by atoms with Gasteiger partial charge in [-0.3, -0.25) is 4.72 Å². The summed E-state index contributed by atoms with van der Waals surface area (Å²) in [6, 6.07) is 10.3. The summed E-state index contributed by atoms with van der Waals surface area (Å²) in [5.41, 5.74) is 7.15. The molecule has 0 amide bonds. The van der Waals surface area contributed by atoms with Gasteiger partial charge in [-0.1, -0.05) is 18.2 Å². The fourth-order valence-corrected chi connectivity index (χ4v) is 4.11. The highest BCUT2D eigenvalue weighted by atomic mass is 32.2. The van der Waals surface area contributed by atoms with Gasteiger partial charge in [-0.15, -0.1) is 11.3 Å². The lowest BCUT2D eigenvalue weighted by Gasteiger charge is -2.14. The van der Waals surface area contributed by atoms with E-state index in [1.54, 1.807) is 24.3 Å². The first-order chi connectivity index (χ1) is 8.90. The van der Waals surface area contributed by atoms with Crippen molar-refractivity contribution in [2.45, 2.75) is 24.1 Å². The fraction of sp³-hybridized carbons (Fsp3) is 0.231. The van der Waals surface area contributed by atoms with Crippen LogP contribution < -0.4 is 10.5 Å². The number of nitrogens with two attached hydrogens (primary N) is 1. The summed E-state index contributed by atoms with van der Waals surface area (Å²) in [6.07, 6.45) is 0. The van der Waals surface area contributed by atoms with Gasteiger partial charge in [-0.2, -0.15) is 0 Å². The number of hydrogen-bond donors (Lipinski definition) is 2. The molecular weight excluding hydrogens is 280 g/mol. The first kappa shape index (κ1) is 14.0. The van der Waals surface area contributed by atoms with Crippen LogP contribution in [0.25, 0.3) is 0 Å². The third kappa shape index (κ3) is 3.15. The highest BCUT2D eigenvalue weighted by molar-refractivity contribution is 7.94. The largest absolute Gasteiger partial charge is 0.324 e. The van der Waals surface area contributed by atoms with Crippen molar-refractivity contribution in [2.24, 2.45) is 5.73 Å². The van der Waals surface area contributed by atoms with Crippen molar-refractivity contribution in [3.05, 3.63) is 46.8 Å². The number of thiophene rings is 1. The summed E-state index contributed by atoms with van der Waals surface area (Å²) < 4.78 is 27.4. The van der Waals surface area contributed by atoms with E-state index >= 15 is 0 Å². The lowest BCUT2D eigenvalue weighted by Crippen LogP contribution is -2.15. The summed E-state index contributed by atoms with van der Waals surface area (Å²) in [4.78, 5) is 0.959.